The summed E-state index contributed by atoms with van der Waals surface area (Å²) in [7, 11) is 0. The molecule has 0 saturated heterocycles. The van der Waals surface area contributed by atoms with Gasteiger partial charge >= 0.3 is 0 Å². The van der Waals surface area contributed by atoms with Gasteiger partial charge in [0.1, 0.15) is 0 Å². The Balaban J connectivity index is 0.00000128. The van der Waals surface area contributed by atoms with Gasteiger partial charge in [0.15, 0.2) is 0 Å². The van der Waals surface area contributed by atoms with Gasteiger partial charge in [-0.05, 0) is 24.0 Å². The Morgan fingerprint density at radius 3 is 2.88 bits per heavy atom. The second kappa shape index (κ2) is 5.62. The van der Waals surface area contributed by atoms with Crippen LogP contribution in [-0.2, 0) is 0 Å². The summed E-state index contributed by atoms with van der Waals surface area (Å²) < 4.78 is 0. The van der Waals surface area contributed by atoms with E-state index < -0.39 is 0 Å². The van der Waals surface area contributed by atoms with E-state index in [4.69, 9.17) is 17.3 Å². The Morgan fingerprint density at radius 2 is 2.19 bits per heavy atom. The average molecular weight is 275 g/mol. The minimum Gasteiger partial charge on any atom is -0.397 e. The van der Waals surface area contributed by atoms with E-state index in [1.165, 1.54) is 0 Å². The molecule has 5 heteroatoms. The second-order valence-electron chi connectivity index (χ2n) is 3.14. The van der Waals surface area contributed by atoms with E-state index in [1.807, 2.05) is 18.2 Å². The predicted molar refractivity (Wildman–Crippen MR) is 74.8 cm³/mol. The van der Waals surface area contributed by atoms with Crippen LogP contribution in [0.3, 0.4) is 0 Å². The molecule has 16 heavy (non-hydrogen) atoms. The Bertz CT molecular complexity index is 497. The van der Waals surface area contributed by atoms with Crippen molar-refractivity contribution in [3.8, 4) is 0 Å². The Hall–Kier alpha value is -0.640. The minimum absolute atomic E-state index is 0. The molecule has 0 atom stereocenters. The van der Waals surface area contributed by atoms with Crippen molar-refractivity contribution in [3.05, 3.63) is 29.4 Å². The molecule has 1 heterocycles. The molecule has 2 N–H and O–H groups in total. The summed E-state index contributed by atoms with van der Waals surface area (Å²) in [5.74, 6) is 0.982. The second-order valence-corrected chi connectivity index (χ2v) is 4.85. The van der Waals surface area contributed by atoms with Crippen LogP contribution in [0.1, 0.15) is 6.92 Å². The lowest BCUT2D eigenvalue weighted by molar-refractivity contribution is 1.35. The zero-order valence-electron chi connectivity index (χ0n) is 8.74. The number of halogens is 2. The van der Waals surface area contributed by atoms with E-state index in [9.17, 15) is 0 Å². The number of fused-ring (bicyclic) bond motifs is 1. The number of benzene rings is 1. The Labute approximate surface area is 110 Å². The lowest BCUT2D eigenvalue weighted by Gasteiger charge is -2.07. The largest absolute Gasteiger partial charge is 0.397 e. The first kappa shape index (κ1) is 13.4. The first-order chi connectivity index (χ1) is 7.22. The molecule has 2 nitrogen and oxygen atoms in total. The Kier molecular flexibility index (Phi) is 4.71. The molecule has 0 fully saturated rings. The maximum Gasteiger partial charge on any atom is 0.0715 e. The number of nitrogen functional groups attached to an aromatic ring is 1. The fraction of sp³-hybridized carbons (Fsp3) is 0.182. The number of rotatable bonds is 2. The van der Waals surface area contributed by atoms with Crippen LogP contribution in [-0.4, -0.2) is 10.7 Å². The molecule has 86 valence electrons. The molecule has 0 aliphatic carbocycles. The monoisotopic (exact) mass is 274 g/mol. The van der Waals surface area contributed by atoms with Crippen LogP contribution in [0.15, 0.2) is 29.3 Å². The number of pyridine rings is 1. The molecule has 0 spiro atoms. The molecule has 2 rings (SSSR count). The number of anilines is 1. The van der Waals surface area contributed by atoms with E-state index in [0.29, 0.717) is 5.02 Å². The van der Waals surface area contributed by atoms with Crippen molar-refractivity contribution in [2.45, 2.75) is 11.8 Å². The summed E-state index contributed by atoms with van der Waals surface area (Å²) in [6.07, 6.45) is 1.70. The summed E-state index contributed by atoms with van der Waals surface area (Å²) in [5, 5.41) is 1.75. The van der Waals surface area contributed by atoms with Gasteiger partial charge in [0.25, 0.3) is 0 Å². The normalized spacial score (nSPS) is 10.1. The zero-order chi connectivity index (χ0) is 10.8. The van der Waals surface area contributed by atoms with Crippen molar-refractivity contribution < 1.29 is 0 Å². The van der Waals surface area contributed by atoms with Crippen LogP contribution >= 0.6 is 35.8 Å². The first-order valence-corrected chi connectivity index (χ1v) is 6.05. The summed E-state index contributed by atoms with van der Waals surface area (Å²) in [5.41, 5.74) is 7.55. The van der Waals surface area contributed by atoms with Crippen molar-refractivity contribution in [3.63, 3.8) is 0 Å². The summed E-state index contributed by atoms with van der Waals surface area (Å²) >= 11 is 7.68. The van der Waals surface area contributed by atoms with E-state index in [2.05, 4.69) is 11.9 Å². The van der Waals surface area contributed by atoms with E-state index in [0.717, 1.165) is 27.2 Å². The van der Waals surface area contributed by atoms with Crippen LogP contribution in [0.5, 0.6) is 0 Å². The van der Waals surface area contributed by atoms with Crippen LogP contribution in [0.25, 0.3) is 10.9 Å². The molecular formula is C11H12Cl2N2S. The van der Waals surface area contributed by atoms with Crippen LogP contribution in [0, 0.1) is 0 Å². The van der Waals surface area contributed by atoms with E-state index in [-0.39, 0.29) is 12.4 Å². The maximum atomic E-state index is 5.97. The number of hydrogen-bond acceptors (Lipinski definition) is 3. The van der Waals surface area contributed by atoms with Gasteiger partial charge in [0.05, 0.1) is 17.4 Å². The molecule has 2 aromatic rings. The smallest absolute Gasteiger partial charge is 0.0715 e. The van der Waals surface area contributed by atoms with Gasteiger partial charge in [-0.15, -0.1) is 24.2 Å². The van der Waals surface area contributed by atoms with Crippen molar-refractivity contribution in [1.82, 2.24) is 4.98 Å². The van der Waals surface area contributed by atoms with Gasteiger partial charge in [-0.25, -0.2) is 0 Å². The number of nitrogens with zero attached hydrogens (tertiary/aromatic N) is 1. The van der Waals surface area contributed by atoms with E-state index in [1.54, 1.807) is 18.0 Å². The molecule has 0 amide bonds. The van der Waals surface area contributed by atoms with Gasteiger partial charge in [-0.2, -0.15) is 0 Å². The number of aromatic nitrogens is 1. The van der Waals surface area contributed by atoms with Crippen LogP contribution < -0.4 is 5.73 Å². The lowest BCUT2D eigenvalue weighted by atomic mass is 10.2. The van der Waals surface area contributed by atoms with Crippen molar-refractivity contribution in [2.75, 3.05) is 11.5 Å². The van der Waals surface area contributed by atoms with E-state index >= 15 is 0 Å². The van der Waals surface area contributed by atoms with Crippen molar-refractivity contribution in [1.29, 1.82) is 0 Å². The van der Waals surface area contributed by atoms with Gasteiger partial charge < -0.3 is 5.73 Å². The quantitative estimate of drug-likeness (QED) is 0.842. The van der Waals surface area contributed by atoms with Crippen molar-refractivity contribution >= 4 is 52.4 Å². The highest BCUT2D eigenvalue weighted by atomic mass is 35.5. The first-order valence-electron chi connectivity index (χ1n) is 4.69. The molecule has 0 unspecified atom stereocenters. The fourth-order valence-corrected chi connectivity index (χ4v) is 2.46. The lowest BCUT2D eigenvalue weighted by Crippen LogP contribution is -1.92. The minimum atomic E-state index is 0. The molecule has 0 saturated carbocycles. The number of nitrogens with two attached hydrogens (primary N) is 1. The maximum absolute atomic E-state index is 5.97. The molecule has 0 bridgehead atoms. The average Bonchev–Trinajstić information content (AvgIpc) is 2.23. The van der Waals surface area contributed by atoms with Crippen LogP contribution in [0.2, 0.25) is 5.02 Å². The predicted octanol–water partition coefficient (Wildman–Crippen LogP) is 4.00. The molecular weight excluding hydrogens is 263 g/mol. The van der Waals surface area contributed by atoms with Gasteiger partial charge in [-0.3, -0.25) is 4.98 Å². The molecule has 1 aromatic heterocycles. The highest BCUT2D eigenvalue weighted by Crippen LogP contribution is 2.33. The molecule has 0 aliphatic rings. The third-order valence-corrected chi connectivity index (χ3v) is 3.36. The topological polar surface area (TPSA) is 38.9 Å². The summed E-state index contributed by atoms with van der Waals surface area (Å²) in [6, 6.07) is 5.67. The molecule has 0 aliphatic heterocycles. The SMILES string of the molecule is CCSc1c(N)cnc2ccc(Cl)cc12.Cl. The molecule has 1 aromatic carbocycles. The third-order valence-electron chi connectivity index (χ3n) is 2.10. The molecule has 0 radical (unpaired) electrons. The highest BCUT2D eigenvalue weighted by Gasteiger charge is 2.06. The summed E-state index contributed by atoms with van der Waals surface area (Å²) in [4.78, 5) is 5.34. The fourth-order valence-electron chi connectivity index (χ4n) is 1.46. The highest BCUT2D eigenvalue weighted by molar-refractivity contribution is 7.99. The standard InChI is InChI=1S/C11H11ClN2S.ClH/c1-2-15-11-8-5-7(12)3-4-10(8)14-6-9(11)13;/h3-6H,2,13H2,1H3;1H. The van der Waals surface area contributed by atoms with Gasteiger partial charge in [0, 0.05) is 15.3 Å². The van der Waals surface area contributed by atoms with Gasteiger partial charge in [-0.1, -0.05) is 18.5 Å². The van der Waals surface area contributed by atoms with Crippen molar-refractivity contribution in [2.24, 2.45) is 0 Å². The van der Waals surface area contributed by atoms with Crippen LogP contribution in [0.4, 0.5) is 5.69 Å². The summed E-state index contributed by atoms with van der Waals surface area (Å²) in [6.45, 7) is 2.10. The van der Waals surface area contributed by atoms with Gasteiger partial charge in [0.2, 0.25) is 0 Å². The number of hydrogen-bond donors (Lipinski definition) is 1. The zero-order valence-corrected chi connectivity index (χ0v) is 11.1. The number of thioether (sulfide) groups is 1. The Morgan fingerprint density at radius 1 is 1.44 bits per heavy atom. The third kappa shape index (κ3) is 2.54.